The van der Waals surface area contributed by atoms with Crippen LogP contribution in [0.2, 0.25) is 0 Å². The molecule has 0 spiro atoms. The normalized spacial score (nSPS) is 9.70. The maximum Gasteiger partial charge on any atom is 0.240 e. The van der Waals surface area contributed by atoms with Crippen LogP contribution in [0.25, 0.3) is 0 Å². The van der Waals surface area contributed by atoms with Gasteiger partial charge in [0.05, 0.1) is 5.08 Å². The number of nitrogens with zero attached hydrogens (tertiary/aromatic N) is 2. The fourth-order valence-corrected chi connectivity index (χ4v) is 4.66. The Kier molecular flexibility index (Phi) is 12.2. The Morgan fingerprint density at radius 1 is 0.889 bits per heavy atom. The van der Waals surface area contributed by atoms with Crippen LogP contribution < -0.4 is 17.0 Å². The summed E-state index contributed by atoms with van der Waals surface area (Å²) in [4.78, 5) is 1.33. The van der Waals surface area contributed by atoms with Crippen molar-refractivity contribution < 1.29 is 17.0 Å². The van der Waals surface area contributed by atoms with E-state index < -0.39 is 0 Å². The first-order valence-corrected chi connectivity index (χ1v) is 11.1. The molecular formula is C21H25ClN2S3. The molecule has 0 atom stereocenters. The van der Waals surface area contributed by atoms with E-state index in [1.807, 2.05) is 52.5 Å². The Labute approximate surface area is 182 Å². The SMILES string of the molecule is CC[n+]1ccccc1SCSc1ccccc1.CCn1ccccc1=S.[Cl-]. The Bertz CT molecular complexity index is 838. The first-order chi connectivity index (χ1) is 12.7. The Morgan fingerprint density at radius 3 is 2.22 bits per heavy atom. The van der Waals surface area contributed by atoms with Gasteiger partial charge in [-0.05, 0) is 55.9 Å². The van der Waals surface area contributed by atoms with E-state index >= 15 is 0 Å². The highest BCUT2D eigenvalue weighted by Gasteiger charge is 2.07. The molecule has 0 saturated heterocycles. The highest BCUT2D eigenvalue weighted by molar-refractivity contribution is 8.15. The van der Waals surface area contributed by atoms with E-state index in [-0.39, 0.29) is 12.4 Å². The van der Waals surface area contributed by atoms with Gasteiger partial charge in [0.2, 0.25) is 5.03 Å². The van der Waals surface area contributed by atoms with E-state index in [1.54, 1.807) is 0 Å². The lowest BCUT2D eigenvalue weighted by molar-refractivity contribution is -0.729. The second-order valence-electron chi connectivity index (χ2n) is 5.37. The summed E-state index contributed by atoms with van der Waals surface area (Å²) >= 11 is 8.79. The number of halogens is 1. The van der Waals surface area contributed by atoms with Gasteiger partial charge in [-0.1, -0.05) is 36.5 Å². The zero-order chi connectivity index (χ0) is 18.6. The summed E-state index contributed by atoms with van der Waals surface area (Å²) in [5.41, 5.74) is 0. The summed E-state index contributed by atoms with van der Waals surface area (Å²) in [6.45, 7) is 6.24. The lowest BCUT2D eigenvalue weighted by Crippen LogP contribution is -3.00. The van der Waals surface area contributed by atoms with Crippen molar-refractivity contribution in [1.82, 2.24) is 4.57 Å². The van der Waals surface area contributed by atoms with Gasteiger partial charge in [0.15, 0.2) is 6.20 Å². The van der Waals surface area contributed by atoms with Gasteiger partial charge >= 0.3 is 0 Å². The van der Waals surface area contributed by atoms with Crippen LogP contribution in [0.4, 0.5) is 0 Å². The fraction of sp³-hybridized carbons (Fsp3) is 0.238. The zero-order valence-electron chi connectivity index (χ0n) is 15.6. The molecule has 144 valence electrons. The van der Waals surface area contributed by atoms with Gasteiger partial charge in [0.1, 0.15) is 11.2 Å². The van der Waals surface area contributed by atoms with Crippen LogP contribution in [0, 0.1) is 4.64 Å². The Hall–Kier alpha value is -1.27. The van der Waals surface area contributed by atoms with Crippen molar-refractivity contribution >= 4 is 35.7 Å². The van der Waals surface area contributed by atoms with Crippen LogP contribution in [-0.2, 0) is 13.1 Å². The maximum atomic E-state index is 5.01. The predicted octanol–water partition coefficient (Wildman–Crippen LogP) is 3.08. The van der Waals surface area contributed by atoms with Gasteiger partial charge in [-0.15, -0.1) is 11.8 Å². The molecule has 0 N–H and O–H groups in total. The van der Waals surface area contributed by atoms with Gasteiger partial charge in [0, 0.05) is 29.8 Å². The summed E-state index contributed by atoms with van der Waals surface area (Å²) in [5.74, 6) is 0. The molecule has 2 nitrogen and oxygen atoms in total. The molecule has 3 rings (SSSR count). The van der Waals surface area contributed by atoms with E-state index in [4.69, 9.17) is 12.2 Å². The molecule has 2 aromatic heterocycles. The number of thioether (sulfide) groups is 2. The summed E-state index contributed by atoms with van der Waals surface area (Å²) < 4.78 is 5.20. The number of aromatic nitrogens is 2. The lowest BCUT2D eigenvalue weighted by atomic mass is 10.4. The minimum absolute atomic E-state index is 0. The number of benzene rings is 1. The molecule has 0 amide bonds. The number of hydrogen-bond acceptors (Lipinski definition) is 3. The topological polar surface area (TPSA) is 8.81 Å². The Morgan fingerprint density at radius 2 is 1.59 bits per heavy atom. The molecule has 0 radical (unpaired) electrons. The Balaban J connectivity index is 0.000000310. The van der Waals surface area contributed by atoms with Crippen molar-refractivity contribution in [2.24, 2.45) is 0 Å². The first kappa shape index (κ1) is 23.8. The third kappa shape index (κ3) is 8.52. The molecular weight excluding hydrogens is 412 g/mol. The van der Waals surface area contributed by atoms with Gasteiger partial charge in [-0.25, -0.2) is 0 Å². The molecule has 0 aliphatic heterocycles. The molecule has 0 aliphatic carbocycles. The summed E-state index contributed by atoms with van der Waals surface area (Å²) in [5, 5.41) is 2.38. The molecule has 0 bridgehead atoms. The second-order valence-corrected chi connectivity index (χ2v) is 8.20. The minimum Gasteiger partial charge on any atom is -1.00 e. The average Bonchev–Trinajstić information content (AvgIpc) is 2.70. The van der Waals surface area contributed by atoms with Crippen molar-refractivity contribution in [2.75, 3.05) is 5.08 Å². The van der Waals surface area contributed by atoms with E-state index in [2.05, 4.69) is 73.1 Å². The summed E-state index contributed by atoms with van der Waals surface area (Å²) in [7, 11) is 0. The molecule has 0 saturated carbocycles. The molecule has 6 heteroatoms. The minimum atomic E-state index is 0. The molecule has 2 heterocycles. The number of pyridine rings is 2. The molecule has 1 aromatic carbocycles. The van der Waals surface area contributed by atoms with Gasteiger partial charge < -0.3 is 17.0 Å². The monoisotopic (exact) mass is 436 g/mol. The van der Waals surface area contributed by atoms with Crippen LogP contribution in [-0.4, -0.2) is 9.65 Å². The highest BCUT2D eigenvalue weighted by Crippen LogP contribution is 2.25. The van der Waals surface area contributed by atoms with Crippen molar-refractivity contribution in [2.45, 2.75) is 36.9 Å². The first-order valence-electron chi connectivity index (χ1n) is 8.69. The van der Waals surface area contributed by atoms with Crippen LogP contribution in [0.15, 0.2) is 89.0 Å². The summed E-state index contributed by atoms with van der Waals surface area (Å²) in [6, 6.07) is 22.8. The smallest absolute Gasteiger partial charge is 0.240 e. The third-order valence-corrected chi connectivity index (χ3v) is 6.24. The largest absolute Gasteiger partial charge is 1.00 e. The number of rotatable bonds is 6. The van der Waals surface area contributed by atoms with Crippen molar-refractivity contribution in [1.29, 1.82) is 0 Å². The molecule has 27 heavy (non-hydrogen) atoms. The molecule has 0 fully saturated rings. The average molecular weight is 437 g/mol. The number of aryl methyl sites for hydroxylation is 2. The molecule has 3 aromatic rings. The molecule has 0 unspecified atom stereocenters. The van der Waals surface area contributed by atoms with Crippen molar-refractivity contribution in [3.05, 3.63) is 83.8 Å². The van der Waals surface area contributed by atoms with Crippen molar-refractivity contribution in [3.63, 3.8) is 0 Å². The van der Waals surface area contributed by atoms with Crippen LogP contribution in [0.5, 0.6) is 0 Å². The zero-order valence-corrected chi connectivity index (χ0v) is 18.8. The van der Waals surface area contributed by atoms with Crippen molar-refractivity contribution in [3.8, 4) is 0 Å². The van der Waals surface area contributed by atoms with E-state index in [0.29, 0.717) is 0 Å². The third-order valence-electron chi connectivity index (χ3n) is 3.65. The van der Waals surface area contributed by atoms with E-state index in [1.165, 1.54) is 9.92 Å². The standard InChI is InChI=1S/C14H16NS2.C7H9NS.ClH/c1-2-15-11-7-6-10-14(15)17-12-16-13-8-4-3-5-9-13;1-2-8-6-4-3-5-7(8)9;/h3-11H,2,12H2,1H3;3-6H,2H2,1H3;1H/q+1;;/p-1. The quantitative estimate of drug-likeness (QED) is 0.254. The van der Waals surface area contributed by atoms with Gasteiger partial charge in [-0.2, -0.15) is 4.57 Å². The maximum absolute atomic E-state index is 5.01. The fourth-order valence-electron chi connectivity index (χ4n) is 2.25. The molecule has 0 aliphatic rings. The van der Waals surface area contributed by atoms with E-state index in [0.717, 1.165) is 22.8 Å². The van der Waals surface area contributed by atoms with Crippen LogP contribution in [0.3, 0.4) is 0 Å². The predicted molar refractivity (Wildman–Crippen MR) is 116 cm³/mol. The number of hydrogen-bond donors (Lipinski definition) is 0. The lowest BCUT2D eigenvalue weighted by Gasteiger charge is -2.01. The van der Waals surface area contributed by atoms with Crippen LogP contribution >= 0.6 is 35.7 Å². The van der Waals surface area contributed by atoms with Gasteiger partial charge in [-0.3, -0.25) is 0 Å². The van der Waals surface area contributed by atoms with Crippen LogP contribution in [0.1, 0.15) is 13.8 Å². The second kappa shape index (κ2) is 13.8. The van der Waals surface area contributed by atoms with Gasteiger partial charge in [0.25, 0.3) is 0 Å². The highest BCUT2D eigenvalue weighted by atomic mass is 35.5. The van der Waals surface area contributed by atoms with E-state index in [9.17, 15) is 0 Å². The summed E-state index contributed by atoms with van der Waals surface area (Å²) in [6.07, 6.45) is 4.12.